The molecule has 1 unspecified atom stereocenters. The van der Waals surface area contributed by atoms with Gasteiger partial charge >= 0.3 is 0 Å². The maximum absolute atomic E-state index is 13.6. The molecular weight excluding hydrogens is 483 g/mol. The van der Waals surface area contributed by atoms with Gasteiger partial charge in [-0.05, 0) is 56.2 Å². The first kappa shape index (κ1) is 26.6. The van der Waals surface area contributed by atoms with Gasteiger partial charge < -0.3 is 15.0 Å². The Morgan fingerprint density at radius 1 is 0.943 bits per heavy atom. The van der Waals surface area contributed by atoms with Gasteiger partial charge in [0.25, 0.3) is 5.91 Å². The average molecular weight is 513 g/mol. The number of amides is 2. The Hall–Kier alpha value is -3.02. The predicted molar refractivity (Wildman–Crippen MR) is 141 cm³/mol. The van der Waals surface area contributed by atoms with Crippen molar-refractivity contribution in [2.45, 2.75) is 45.3 Å². The van der Waals surface area contributed by atoms with Crippen molar-refractivity contribution in [3.8, 4) is 5.75 Å². The summed E-state index contributed by atoms with van der Waals surface area (Å²) in [6.07, 6.45) is 0.338. The third-order valence-electron chi connectivity index (χ3n) is 5.23. The molecule has 1 N–H and O–H groups in total. The maximum Gasteiger partial charge on any atom is 0.261 e. The van der Waals surface area contributed by atoms with Gasteiger partial charge in [-0.15, -0.1) is 0 Å². The lowest BCUT2D eigenvalue weighted by Gasteiger charge is -2.34. The van der Waals surface area contributed by atoms with E-state index in [0.29, 0.717) is 27.8 Å². The summed E-state index contributed by atoms with van der Waals surface area (Å²) in [5, 5.41) is 3.95. The summed E-state index contributed by atoms with van der Waals surface area (Å²) < 4.78 is 5.74. The monoisotopic (exact) mass is 512 g/mol. The fourth-order valence-electron chi connectivity index (χ4n) is 3.59. The fourth-order valence-corrected chi connectivity index (χ4v) is 4.05. The molecule has 35 heavy (non-hydrogen) atoms. The number of benzene rings is 3. The third-order valence-corrected chi connectivity index (χ3v) is 5.82. The number of hydrogen-bond donors (Lipinski definition) is 1. The Labute approximate surface area is 217 Å². The summed E-state index contributed by atoms with van der Waals surface area (Å²) in [5.41, 5.74) is 1.15. The molecule has 0 heterocycles. The molecule has 0 aliphatic heterocycles. The summed E-state index contributed by atoms with van der Waals surface area (Å²) in [7, 11) is 0. The van der Waals surface area contributed by atoms with Crippen molar-refractivity contribution in [1.29, 1.82) is 0 Å². The third kappa shape index (κ3) is 8.30. The molecule has 0 radical (unpaired) electrons. The van der Waals surface area contributed by atoms with Crippen molar-refractivity contribution in [2.75, 3.05) is 6.61 Å². The average Bonchev–Trinajstić information content (AvgIpc) is 2.81. The van der Waals surface area contributed by atoms with Crippen LogP contribution < -0.4 is 10.1 Å². The molecule has 0 bridgehead atoms. The Kier molecular flexibility index (Phi) is 9.19. The number of nitrogens with zero attached hydrogens (tertiary/aromatic N) is 1. The van der Waals surface area contributed by atoms with E-state index in [9.17, 15) is 9.59 Å². The van der Waals surface area contributed by atoms with Crippen LogP contribution in [0, 0.1) is 0 Å². The van der Waals surface area contributed by atoms with E-state index in [1.807, 2.05) is 69.3 Å². The summed E-state index contributed by atoms with van der Waals surface area (Å²) >= 11 is 12.5. The van der Waals surface area contributed by atoms with Gasteiger partial charge in [-0.1, -0.05) is 77.8 Å². The van der Waals surface area contributed by atoms with Crippen molar-refractivity contribution < 1.29 is 14.3 Å². The molecule has 0 aliphatic carbocycles. The molecule has 184 valence electrons. The van der Waals surface area contributed by atoms with Crippen LogP contribution in [-0.2, 0) is 22.6 Å². The molecule has 0 fully saturated rings. The summed E-state index contributed by atoms with van der Waals surface area (Å²) in [6.45, 7) is 5.63. The van der Waals surface area contributed by atoms with Gasteiger partial charge in [0.1, 0.15) is 11.8 Å². The van der Waals surface area contributed by atoms with Crippen molar-refractivity contribution in [3.05, 3.63) is 100 Å². The maximum atomic E-state index is 13.6. The fraction of sp³-hybridized carbons (Fsp3) is 0.286. The first-order valence-corrected chi connectivity index (χ1v) is 12.1. The first-order chi connectivity index (χ1) is 16.6. The highest BCUT2D eigenvalue weighted by Gasteiger charge is 2.32. The highest BCUT2D eigenvalue weighted by molar-refractivity contribution is 6.35. The number of carbonyl (C=O) groups is 2. The van der Waals surface area contributed by atoms with Gasteiger partial charge in [0.05, 0.1) is 0 Å². The van der Waals surface area contributed by atoms with Crippen LogP contribution in [0.25, 0.3) is 0 Å². The quantitative estimate of drug-likeness (QED) is 0.386. The van der Waals surface area contributed by atoms with E-state index in [2.05, 4.69) is 5.32 Å². The van der Waals surface area contributed by atoms with Gasteiger partial charge in [-0.3, -0.25) is 9.59 Å². The standard InChI is InChI=1S/C28H30Cl2N2O3/c1-28(2,3)31-27(34)25(16-20-10-6-4-7-11-20)32(18-21-14-15-22(29)17-24(21)30)26(33)19-35-23-12-8-5-9-13-23/h4-15,17,25H,16,18-19H2,1-3H3,(H,31,34). The first-order valence-electron chi connectivity index (χ1n) is 11.4. The highest BCUT2D eigenvalue weighted by atomic mass is 35.5. The molecule has 2 amide bonds. The molecule has 3 aromatic carbocycles. The molecule has 0 aromatic heterocycles. The van der Waals surface area contributed by atoms with E-state index in [0.717, 1.165) is 5.56 Å². The van der Waals surface area contributed by atoms with Gasteiger partial charge in [-0.2, -0.15) is 0 Å². The number of ether oxygens (including phenoxy) is 1. The van der Waals surface area contributed by atoms with Crippen LogP contribution >= 0.6 is 23.2 Å². The predicted octanol–water partition coefficient (Wildman–Crippen LogP) is 5.93. The van der Waals surface area contributed by atoms with Crippen molar-refractivity contribution >= 4 is 35.0 Å². The zero-order chi connectivity index (χ0) is 25.4. The molecule has 1 atom stereocenters. The van der Waals surface area contributed by atoms with Gasteiger partial charge in [0.15, 0.2) is 6.61 Å². The minimum atomic E-state index is -0.782. The zero-order valence-corrected chi connectivity index (χ0v) is 21.6. The SMILES string of the molecule is CC(C)(C)NC(=O)C(Cc1ccccc1)N(Cc1ccc(Cl)cc1Cl)C(=O)COc1ccccc1. The van der Waals surface area contributed by atoms with E-state index in [-0.39, 0.29) is 25.0 Å². The smallest absolute Gasteiger partial charge is 0.261 e. The molecule has 3 rings (SSSR count). The molecule has 3 aromatic rings. The van der Waals surface area contributed by atoms with Crippen LogP contribution in [0.1, 0.15) is 31.9 Å². The molecule has 0 saturated carbocycles. The van der Waals surface area contributed by atoms with Crippen molar-refractivity contribution in [2.24, 2.45) is 0 Å². The normalized spacial score (nSPS) is 12.0. The number of carbonyl (C=O) groups excluding carboxylic acids is 2. The highest BCUT2D eigenvalue weighted by Crippen LogP contribution is 2.24. The second-order valence-electron chi connectivity index (χ2n) is 9.30. The van der Waals surface area contributed by atoms with E-state index in [4.69, 9.17) is 27.9 Å². The lowest BCUT2D eigenvalue weighted by Crippen LogP contribution is -2.55. The van der Waals surface area contributed by atoms with E-state index in [1.165, 1.54) is 4.90 Å². The van der Waals surface area contributed by atoms with Crippen LogP contribution in [0.5, 0.6) is 5.75 Å². The number of nitrogens with one attached hydrogen (secondary N) is 1. The lowest BCUT2D eigenvalue weighted by atomic mass is 10.0. The molecule has 0 aliphatic rings. The van der Waals surface area contributed by atoms with Gasteiger partial charge in [0, 0.05) is 28.5 Å². The van der Waals surface area contributed by atoms with E-state index < -0.39 is 11.6 Å². The molecule has 0 saturated heterocycles. The summed E-state index contributed by atoms with van der Waals surface area (Å²) in [5.74, 6) is -0.00608. The molecule has 0 spiro atoms. The van der Waals surface area contributed by atoms with E-state index in [1.54, 1.807) is 30.3 Å². The number of para-hydroxylation sites is 1. The Bertz CT molecular complexity index is 1130. The number of halogens is 2. The molecule has 5 nitrogen and oxygen atoms in total. The van der Waals surface area contributed by atoms with Crippen LogP contribution in [-0.4, -0.2) is 34.9 Å². The van der Waals surface area contributed by atoms with Crippen molar-refractivity contribution in [3.63, 3.8) is 0 Å². The van der Waals surface area contributed by atoms with E-state index >= 15 is 0 Å². The Balaban J connectivity index is 1.95. The Morgan fingerprint density at radius 3 is 2.17 bits per heavy atom. The number of hydrogen-bond acceptors (Lipinski definition) is 3. The van der Waals surface area contributed by atoms with Crippen LogP contribution in [0.15, 0.2) is 78.9 Å². The Morgan fingerprint density at radius 2 is 1.57 bits per heavy atom. The lowest BCUT2D eigenvalue weighted by molar-refractivity contribution is -0.143. The van der Waals surface area contributed by atoms with Crippen LogP contribution in [0.3, 0.4) is 0 Å². The zero-order valence-electron chi connectivity index (χ0n) is 20.1. The largest absolute Gasteiger partial charge is 0.484 e. The van der Waals surface area contributed by atoms with Crippen LogP contribution in [0.4, 0.5) is 0 Å². The molecular formula is C28H30Cl2N2O3. The van der Waals surface area contributed by atoms with Gasteiger partial charge in [0.2, 0.25) is 5.91 Å². The second kappa shape index (κ2) is 12.1. The van der Waals surface area contributed by atoms with Crippen molar-refractivity contribution in [1.82, 2.24) is 10.2 Å². The van der Waals surface area contributed by atoms with Crippen LogP contribution in [0.2, 0.25) is 10.0 Å². The summed E-state index contributed by atoms with van der Waals surface area (Å²) in [4.78, 5) is 28.6. The minimum absolute atomic E-state index is 0.127. The van der Waals surface area contributed by atoms with Gasteiger partial charge in [-0.25, -0.2) is 0 Å². The molecule has 7 heteroatoms. The summed E-state index contributed by atoms with van der Waals surface area (Å²) in [6, 6.07) is 23.0. The minimum Gasteiger partial charge on any atom is -0.484 e. The second-order valence-corrected chi connectivity index (χ2v) is 10.1. The number of rotatable bonds is 9. The topological polar surface area (TPSA) is 58.6 Å².